The highest BCUT2D eigenvalue weighted by atomic mass is 19.2. The van der Waals surface area contributed by atoms with Crippen molar-refractivity contribution >= 4 is 11.7 Å². The first-order valence-electron chi connectivity index (χ1n) is 7.19. The molecular weight excluding hydrogens is 318 g/mol. The number of methoxy groups -OCH3 is 2. The zero-order valence-corrected chi connectivity index (χ0v) is 13.5. The van der Waals surface area contributed by atoms with Crippen LogP contribution in [0.15, 0.2) is 36.4 Å². The van der Waals surface area contributed by atoms with Crippen LogP contribution in [0.2, 0.25) is 0 Å². The van der Waals surface area contributed by atoms with E-state index < -0.39 is 23.7 Å². The van der Waals surface area contributed by atoms with Gasteiger partial charge in [-0.15, -0.1) is 0 Å². The van der Waals surface area contributed by atoms with Crippen molar-refractivity contribution in [2.75, 3.05) is 19.5 Å². The van der Waals surface area contributed by atoms with Crippen molar-refractivity contribution in [1.29, 1.82) is 0 Å². The summed E-state index contributed by atoms with van der Waals surface area (Å²) in [5.74, 6) is -0.876. The molecule has 24 heavy (non-hydrogen) atoms. The Morgan fingerprint density at radius 1 is 1.04 bits per heavy atom. The van der Waals surface area contributed by atoms with Gasteiger partial charge in [0.2, 0.25) is 0 Å². The summed E-state index contributed by atoms with van der Waals surface area (Å²) in [7, 11) is 2.99. The summed E-state index contributed by atoms with van der Waals surface area (Å²) in [6.45, 7) is 1.66. The van der Waals surface area contributed by atoms with E-state index in [2.05, 4.69) is 10.6 Å². The summed E-state index contributed by atoms with van der Waals surface area (Å²) < 4.78 is 36.5. The molecule has 7 heteroatoms. The summed E-state index contributed by atoms with van der Waals surface area (Å²) in [6, 6.07) is 7.42. The van der Waals surface area contributed by atoms with Crippen LogP contribution < -0.4 is 20.1 Å². The normalized spacial score (nSPS) is 11.5. The number of anilines is 1. The van der Waals surface area contributed by atoms with Gasteiger partial charge in [-0.2, -0.15) is 0 Å². The van der Waals surface area contributed by atoms with Crippen molar-refractivity contribution in [3.8, 4) is 11.5 Å². The minimum absolute atomic E-state index is 0.423. The van der Waals surface area contributed by atoms with E-state index >= 15 is 0 Å². The minimum Gasteiger partial charge on any atom is -0.497 e. The van der Waals surface area contributed by atoms with Crippen LogP contribution in [0.1, 0.15) is 18.5 Å². The third-order valence-electron chi connectivity index (χ3n) is 3.45. The van der Waals surface area contributed by atoms with Gasteiger partial charge in [0.05, 0.1) is 25.9 Å². The molecule has 0 aliphatic rings. The maximum atomic E-state index is 13.3. The van der Waals surface area contributed by atoms with E-state index in [0.29, 0.717) is 22.7 Å². The van der Waals surface area contributed by atoms with Gasteiger partial charge in [-0.3, -0.25) is 0 Å². The lowest BCUT2D eigenvalue weighted by atomic mass is 10.1. The monoisotopic (exact) mass is 336 g/mol. The molecule has 2 amide bonds. The smallest absolute Gasteiger partial charge is 0.319 e. The molecule has 2 rings (SSSR count). The standard InChI is InChI=1S/C17H18F2N2O3/c1-10(11-4-6-13(18)14(19)8-11)20-17(22)21-15-9-12(23-2)5-7-16(15)24-3/h4-10H,1-3H3,(H2,20,21,22). The second-order valence-corrected chi connectivity index (χ2v) is 5.06. The minimum atomic E-state index is -0.962. The molecule has 0 aliphatic heterocycles. The van der Waals surface area contributed by atoms with Gasteiger partial charge >= 0.3 is 6.03 Å². The highest BCUT2D eigenvalue weighted by Crippen LogP contribution is 2.29. The maximum absolute atomic E-state index is 13.3. The van der Waals surface area contributed by atoms with Gasteiger partial charge in [-0.1, -0.05) is 6.07 Å². The number of urea groups is 1. The quantitative estimate of drug-likeness (QED) is 0.871. The Labute approximate surface area is 138 Å². The number of carbonyl (C=O) groups is 1. The van der Waals surface area contributed by atoms with Crippen LogP contribution in [0.25, 0.3) is 0 Å². The maximum Gasteiger partial charge on any atom is 0.319 e. The van der Waals surface area contributed by atoms with Gasteiger partial charge in [0.1, 0.15) is 11.5 Å². The van der Waals surface area contributed by atoms with E-state index in [1.165, 1.54) is 20.3 Å². The van der Waals surface area contributed by atoms with E-state index in [1.807, 2.05) is 0 Å². The molecule has 128 valence electrons. The van der Waals surface area contributed by atoms with Gasteiger partial charge in [0, 0.05) is 6.07 Å². The number of benzene rings is 2. The molecule has 5 nitrogen and oxygen atoms in total. The van der Waals surface area contributed by atoms with Crippen molar-refractivity contribution < 1.29 is 23.0 Å². The average molecular weight is 336 g/mol. The molecule has 1 atom stereocenters. The molecule has 0 spiro atoms. The summed E-state index contributed by atoms with van der Waals surface area (Å²) in [5.41, 5.74) is 0.869. The fourth-order valence-electron chi connectivity index (χ4n) is 2.13. The van der Waals surface area contributed by atoms with Gasteiger partial charge in [-0.25, -0.2) is 13.6 Å². The second-order valence-electron chi connectivity index (χ2n) is 5.06. The summed E-state index contributed by atoms with van der Waals surface area (Å²) in [5, 5.41) is 5.28. The molecule has 2 N–H and O–H groups in total. The van der Waals surface area contributed by atoms with Crippen molar-refractivity contribution in [2.24, 2.45) is 0 Å². The molecule has 0 saturated carbocycles. The lowest BCUT2D eigenvalue weighted by Crippen LogP contribution is -2.31. The highest BCUT2D eigenvalue weighted by Gasteiger charge is 2.14. The van der Waals surface area contributed by atoms with E-state index in [9.17, 15) is 13.6 Å². The molecule has 1 unspecified atom stereocenters. The first-order chi connectivity index (χ1) is 11.4. The first-order valence-corrected chi connectivity index (χ1v) is 7.19. The van der Waals surface area contributed by atoms with Gasteiger partial charge < -0.3 is 20.1 Å². The number of nitrogens with one attached hydrogen (secondary N) is 2. The van der Waals surface area contributed by atoms with E-state index in [-0.39, 0.29) is 0 Å². The van der Waals surface area contributed by atoms with Gasteiger partial charge in [-0.05, 0) is 36.8 Å². The molecular formula is C17H18F2N2O3. The average Bonchev–Trinajstić information content (AvgIpc) is 2.57. The number of halogens is 2. The van der Waals surface area contributed by atoms with Crippen molar-refractivity contribution in [3.63, 3.8) is 0 Å². The van der Waals surface area contributed by atoms with Gasteiger partial charge in [0.25, 0.3) is 0 Å². The number of amides is 2. The van der Waals surface area contributed by atoms with Crippen LogP contribution in [-0.2, 0) is 0 Å². The fraction of sp³-hybridized carbons (Fsp3) is 0.235. The molecule has 0 aliphatic carbocycles. The van der Waals surface area contributed by atoms with E-state index in [0.717, 1.165) is 12.1 Å². The Hall–Kier alpha value is -2.83. The lowest BCUT2D eigenvalue weighted by Gasteiger charge is -2.17. The topological polar surface area (TPSA) is 59.6 Å². The number of carbonyl (C=O) groups excluding carboxylic acids is 1. The Morgan fingerprint density at radius 3 is 2.42 bits per heavy atom. The van der Waals surface area contributed by atoms with E-state index in [4.69, 9.17) is 9.47 Å². The summed E-state index contributed by atoms with van der Waals surface area (Å²) in [6.07, 6.45) is 0. The molecule has 0 radical (unpaired) electrons. The number of hydrogen-bond acceptors (Lipinski definition) is 3. The van der Waals surface area contributed by atoms with Crippen LogP contribution in [0.3, 0.4) is 0 Å². The number of rotatable bonds is 5. The fourth-order valence-corrected chi connectivity index (χ4v) is 2.13. The Balaban J connectivity index is 2.08. The van der Waals surface area contributed by atoms with Crippen LogP contribution in [0.4, 0.5) is 19.3 Å². The molecule has 0 saturated heterocycles. The second kappa shape index (κ2) is 7.63. The van der Waals surface area contributed by atoms with Crippen LogP contribution in [0.5, 0.6) is 11.5 Å². The molecule has 2 aromatic rings. The summed E-state index contributed by atoms with van der Waals surface area (Å²) in [4.78, 5) is 12.1. The predicted octanol–water partition coefficient (Wildman–Crippen LogP) is 3.86. The van der Waals surface area contributed by atoms with Crippen LogP contribution in [0, 0.1) is 11.6 Å². The summed E-state index contributed by atoms with van der Waals surface area (Å²) >= 11 is 0. The first kappa shape index (κ1) is 17.5. The highest BCUT2D eigenvalue weighted by molar-refractivity contribution is 5.91. The molecule has 0 aromatic heterocycles. The van der Waals surface area contributed by atoms with E-state index in [1.54, 1.807) is 25.1 Å². The third kappa shape index (κ3) is 4.13. The molecule has 0 heterocycles. The van der Waals surface area contributed by atoms with Gasteiger partial charge in [0.15, 0.2) is 11.6 Å². The predicted molar refractivity (Wildman–Crippen MR) is 86.5 cm³/mol. The lowest BCUT2D eigenvalue weighted by molar-refractivity contribution is 0.249. The number of ether oxygens (including phenoxy) is 2. The van der Waals surface area contributed by atoms with Crippen molar-refractivity contribution in [2.45, 2.75) is 13.0 Å². The van der Waals surface area contributed by atoms with Crippen LogP contribution in [-0.4, -0.2) is 20.3 Å². The Kier molecular flexibility index (Phi) is 5.57. The van der Waals surface area contributed by atoms with Crippen LogP contribution >= 0.6 is 0 Å². The Bertz CT molecular complexity index is 738. The SMILES string of the molecule is COc1ccc(OC)c(NC(=O)NC(C)c2ccc(F)c(F)c2)c1. The zero-order valence-electron chi connectivity index (χ0n) is 13.5. The molecule has 0 bridgehead atoms. The zero-order chi connectivity index (χ0) is 17.7. The molecule has 2 aromatic carbocycles. The largest absolute Gasteiger partial charge is 0.497 e. The third-order valence-corrected chi connectivity index (χ3v) is 3.45. The molecule has 0 fully saturated rings. The van der Waals surface area contributed by atoms with Crippen molar-refractivity contribution in [3.05, 3.63) is 53.6 Å². The Morgan fingerprint density at radius 2 is 1.79 bits per heavy atom. The van der Waals surface area contributed by atoms with Crippen molar-refractivity contribution in [1.82, 2.24) is 5.32 Å². The number of hydrogen-bond donors (Lipinski definition) is 2.